The van der Waals surface area contributed by atoms with E-state index < -0.39 is 0 Å². The summed E-state index contributed by atoms with van der Waals surface area (Å²) in [6.45, 7) is 6.81. The number of nitrogens with zero attached hydrogens (tertiary/aromatic N) is 1. The third kappa shape index (κ3) is 28.2. The van der Waals surface area contributed by atoms with Crippen LogP contribution in [0.15, 0.2) is 0 Å². The normalized spacial score (nSPS) is 7.20. The molecule has 0 aliphatic carbocycles. The summed E-state index contributed by atoms with van der Waals surface area (Å²) < 4.78 is 0. The zero-order valence-electron chi connectivity index (χ0n) is 6.93. The van der Waals surface area contributed by atoms with Crippen LogP contribution in [0.2, 0.25) is 0 Å². The highest BCUT2D eigenvalue weighted by Crippen LogP contribution is 1.72. The SMILES string of the molecule is CC#N.CC(=O)NC(C)C. The number of hydrogen-bond acceptors (Lipinski definition) is 2. The Morgan fingerprint density at radius 3 is 1.90 bits per heavy atom. The number of carbonyl (C=O) groups is 1. The van der Waals surface area contributed by atoms with Crippen molar-refractivity contribution in [1.82, 2.24) is 5.32 Å². The molecule has 3 nitrogen and oxygen atoms in total. The molecule has 0 aliphatic rings. The maximum absolute atomic E-state index is 10.1. The monoisotopic (exact) mass is 142 g/mol. The van der Waals surface area contributed by atoms with Gasteiger partial charge in [0.2, 0.25) is 5.91 Å². The van der Waals surface area contributed by atoms with Crippen molar-refractivity contribution in [3.63, 3.8) is 0 Å². The molecule has 0 saturated carbocycles. The molecular formula is C7H14N2O. The molecule has 1 amide bonds. The van der Waals surface area contributed by atoms with Crippen LogP contribution in [0, 0.1) is 11.3 Å². The summed E-state index contributed by atoms with van der Waals surface area (Å²) in [5.74, 6) is 0.0370. The predicted octanol–water partition coefficient (Wildman–Crippen LogP) is 1.06. The van der Waals surface area contributed by atoms with Gasteiger partial charge >= 0.3 is 0 Å². The van der Waals surface area contributed by atoms with Gasteiger partial charge in [-0.1, -0.05) is 0 Å². The number of hydrogen-bond donors (Lipinski definition) is 1. The molecule has 0 aliphatic heterocycles. The zero-order valence-corrected chi connectivity index (χ0v) is 6.93. The van der Waals surface area contributed by atoms with Gasteiger partial charge in [-0.05, 0) is 13.8 Å². The van der Waals surface area contributed by atoms with Crippen molar-refractivity contribution in [1.29, 1.82) is 5.26 Å². The van der Waals surface area contributed by atoms with Gasteiger partial charge in [0.05, 0.1) is 6.07 Å². The first-order valence-corrected chi connectivity index (χ1v) is 3.12. The van der Waals surface area contributed by atoms with E-state index in [1.54, 1.807) is 6.07 Å². The van der Waals surface area contributed by atoms with Crippen molar-refractivity contribution in [2.24, 2.45) is 0 Å². The molecule has 0 radical (unpaired) electrons. The lowest BCUT2D eigenvalue weighted by Crippen LogP contribution is -2.27. The standard InChI is InChI=1S/C5H11NO.C2H3N/c1-4(2)6-5(3)7;1-2-3/h4H,1-3H3,(H,6,7);1H3. The van der Waals surface area contributed by atoms with Crippen LogP contribution in [0.5, 0.6) is 0 Å². The second-order valence-electron chi connectivity index (χ2n) is 2.08. The fourth-order valence-electron chi connectivity index (χ4n) is 0.407. The first-order valence-electron chi connectivity index (χ1n) is 3.12. The van der Waals surface area contributed by atoms with E-state index in [9.17, 15) is 4.79 Å². The molecular weight excluding hydrogens is 128 g/mol. The van der Waals surface area contributed by atoms with E-state index in [0.717, 1.165) is 0 Å². The van der Waals surface area contributed by atoms with Crippen LogP contribution in [-0.4, -0.2) is 11.9 Å². The summed E-state index contributed by atoms with van der Waals surface area (Å²) >= 11 is 0. The highest BCUT2D eigenvalue weighted by Gasteiger charge is 1.90. The Hall–Kier alpha value is -1.04. The van der Waals surface area contributed by atoms with E-state index >= 15 is 0 Å². The van der Waals surface area contributed by atoms with Gasteiger partial charge in [-0.15, -0.1) is 0 Å². The van der Waals surface area contributed by atoms with Gasteiger partial charge in [-0.2, -0.15) is 5.26 Å². The molecule has 1 N–H and O–H groups in total. The highest BCUT2D eigenvalue weighted by molar-refractivity contribution is 5.73. The van der Waals surface area contributed by atoms with Gasteiger partial charge in [-0.3, -0.25) is 4.79 Å². The van der Waals surface area contributed by atoms with Crippen molar-refractivity contribution < 1.29 is 4.79 Å². The molecule has 0 heterocycles. The molecule has 58 valence electrons. The van der Waals surface area contributed by atoms with Crippen LogP contribution in [0.3, 0.4) is 0 Å². The Morgan fingerprint density at radius 2 is 1.90 bits per heavy atom. The first kappa shape index (κ1) is 11.7. The third-order valence-corrected chi connectivity index (χ3v) is 0.492. The van der Waals surface area contributed by atoms with Gasteiger partial charge in [0, 0.05) is 19.9 Å². The van der Waals surface area contributed by atoms with E-state index in [4.69, 9.17) is 5.26 Å². The smallest absolute Gasteiger partial charge is 0.217 e. The Bertz CT molecular complexity index is 124. The first-order chi connectivity index (χ1) is 4.54. The minimum atomic E-state index is 0.0370. The summed E-state index contributed by atoms with van der Waals surface area (Å²) in [4.78, 5) is 10.1. The molecule has 0 saturated heterocycles. The number of nitriles is 1. The lowest BCUT2D eigenvalue weighted by molar-refractivity contribution is -0.119. The largest absolute Gasteiger partial charge is 0.354 e. The van der Waals surface area contributed by atoms with Gasteiger partial charge in [0.1, 0.15) is 0 Å². The Labute approximate surface area is 62.0 Å². The van der Waals surface area contributed by atoms with Crippen LogP contribution in [0.25, 0.3) is 0 Å². The van der Waals surface area contributed by atoms with E-state index in [1.165, 1.54) is 13.8 Å². The van der Waals surface area contributed by atoms with Crippen LogP contribution in [0.1, 0.15) is 27.7 Å². The molecule has 10 heavy (non-hydrogen) atoms. The molecule has 0 aromatic heterocycles. The number of nitrogens with one attached hydrogen (secondary N) is 1. The highest BCUT2D eigenvalue weighted by atomic mass is 16.1. The zero-order chi connectivity index (χ0) is 8.57. The van der Waals surface area contributed by atoms with Gasteiger partial charge in [0.15, 0.2) is 0 Å². The van der Waals surface area contributed by atoms with Crippen molar-refractivity contribution in [2.45, 2.75) is 33.7 Å². The van der Waals surface area contributed by atoms with Gasteiger partial charge < -0.3 is 5.32 Å². The number of rotatable bonds is 1. The summed E-state index contributed by atoms with van der Waals surface area (Å²) in [5.41, 5.74) is 0. The fourth-order valence-corrected chi connectivity index (χ4v) is 0.407. The lowest BCUT2D eigenvalue weighted by Gasteiger charge is -2.02. The maximum Gasteiger partial charge on any atom is 0.217 e. The van der Waals surface area contributed by atoms with Crippen LogP contribution in [0.4, 0.5) is 0 Å². The molecule has 0 aromatic rings. The number of carbonyl (C=O) groups excluding carboxylic acids is 1. The average Bonchev–Trinajstić information content (AvgIpc) is 1.62. The Balaban J connectivity index is 0. The summed E-state index contributed by atoms with van der Waals surface area (Å²) in [6, 6.07) is 2.03. The molecule has 0 atom stereocenters. The second-order valence-corrected chi connectivity index (χ2v) is 2.08. The van der Waals surface area contributed by atoms with Crippen LogP contribution < -0.4 is 5.32 Å². The van der Waals surface area contributed by atoms with Crippen LogP contribution in [-0.2, 0) is 4.79 Å². The van der Waals surface area contributed by atoms with E-state index in [0.29, 0.717) is 0 Å². The maximum atomic E-state index is 10.1. The van der Waals surface area contributed by atoms with E-state index in [1.807, 2.05) is 13.8 Å². The minimum absolute atomic E-state index is 0.0370. The Kier molecular flexibility index (Phi) is 9.33. The minimum Gasteiger partial charge on any atom is -0.354 e. The van der Waals surface area contributed by atoms with Crippen molar-refractivity contribution in [3.05, 3.63) is 0 Å². The van der Waals surface area contributed by atoms with E-state index in [2.05, 4.69) is 5.32 Å². The van der Waals surface area contributed by atoms with Crippen molar-refractivity contribution >= 4 is 5.91 Å². The summed E-state index contributed by atoms with van der Waals surface area (Å²) in [5, 5.41) is 9.99. The van der Waals surface area contributed by atoms with Crippen molar-refractivity contribution in [3.8, 4) is 6.07 Å². The average molecular weight is 142 g/mol. The van der Waals surface area contributed by atoms with Crippen molar-refractivity contribution in [2.75, 3.05) is 0 Å². The molecule has 0 bridgehead atoms. The predicted molar refractivity (Wildman–Crippen MR) is 40.2 cm³/mol. The Morgan fingerprint density at radius 1 is 1.60 bits per heavy atom. The van der Waals surface area contributed by atoms with Crippen LogP contribution >= 0.6 is 0 Å². The fraction of sp³-hybridized carbons (Fsp3) is 0.714. The molecule has 0 rings (SSSR count). The van der Waals surface area contributed by atoms with Gasteiger partial charge in [-0.25, -0.2) is 0 Å². The summed E-state index contributed by atoms with van der Waals surface area (Å²) in [6.07, 6.45) is 0. The molecule has 0 aromatic carbocycles. The van der Waals surface area contributed by atoms with Gasteiger partial charge in [0.25, 0.3) is 0 Å². The van der Waals surface area contributed by atoms with E-state index in [-0.39, 0.29) is 11.9 Å². The number of amides is 1. The molecule has 3 heteroatoms. The summed E-state index contributed by atoms with van der Waals surface area (Å²) in [7, 11) is 0. The quantitative estimate of drug-likeness (QED) is 0.595. The lowest BCUT2D eigenvalue weighted by atomic mass is 10.4. The molecule has 0 fully saturated rings. The molecule has 0 unspecified atom stereocenters. The third-order valence-electron chi connectivity index (χ3n) is 0.492. The topological polar surface area (TPSA) is 52.9 Å². The second kappa shape index (κ2) is 7.96. The molecule has 0 spiro atoms.